The molecule has 2 N–H and O–H groups in total. The van der Waals surface area contributed by atoms with Gasteiger partial charge in [0.25, 0.3) is 0 Å². The van der Waals surface area contributed by atoms with Gasteiger partial charge in [-0.25, -0.2) is 0 Å². The number of nitrogens with one attached hydrogen (secondary N) is 1. The first-order chi connectivity index (χ1) is 12.2. The van der Waals surface area contributed by atoms with Gasteiger partial charge in [-0.2, -0.15) is 10.4 Å². The number of aromatic nitrogens is 2. The average Bonchev–Trinajstić information content (AvgIpc) is 3.04. The van der Waals surface area contributed by atoms with Gasteiger partial charge in [-0.3, -0.25) is 4.68 Å². The van der Waals surface area contributed by atoms with Crippen LogP contribution in [0.3, 0.4) is 0 Å². The molecule has 1 aliphatic rings. The number of hydrogen-bond donors (Lipinski definition) is 2. The van der Waals surface area contributed by atoms with Crippen molar-refractivity contribution >= 4 is 0 Å². The van der Waals surface area contributed by atoms with Crippen molar-refractivity contribution in [2.75, 3.05) is 6.54 Å². The van der Waals surface area contributed by atoms with E-state index in [0.29, 0.717) is 26.1 Å². The summed E-state index contributed by atoms with van der Waals surface area (Å²) in [6, 6.07) is 12.3. The second-order valence-electron chi connectivity index (χ2n) is 6.93. The lowest BCUT2D eigenvalue weighted by Gasteiger charge is -2.32. The third-order valence-corrected chi connectivity index (χ3v) is 4.89. The molecule has 0 radical (unpaired) electrons. The molecule has 1 heterocycles. The van der Waals surface area contributed by atoms with Crippen LogP contribution >= 0.6 is 0 Å². The molecule has 1 aromatic heterocycles. The Hall–Kier alpha value is -2.16. The molecule has 0 spiro atoms. The fourth-order valence-electron chi connectivity index (χ4n) is 3.53. The first-order valence-corrected chi connectivity index (χ1v) is 9.12. The molecule has 0 saturated heterocycles. The molecule has 1 fully saturated rings. The number of benzene rings is 1. The summed E-state index contributed by atoms with van der Waals surface area (Å²) in [4.78, 5) is 0. The Balaban J connectivity index is 1.70. The van der Waals surface area contributed by atoms with Crippen molar-refractivity contribution in [3.8, 4) is 17.3 Å². The van der Waals surface area contributed by atoms with Gasteiger partial charge in [0.05, 0.1) is 30.3 Å². The Kier molecular flexibility index (Phi) is 5.85. The first kappa shape index (κ1) is 17.7. The Morgan fingerprint density at radius 1 is 1.20 bits per heavy atom. The second kappa shape index (κ2) is 8.28. The van der Waals surface area contributed by atoms with Crippen LogP contribution in [0.2, 0.25) is 0 Å². The summed E-state index contributed by atoms with van der Waals surface area (Å²) in [6.45, 7) is 1.88. The summed E-state index contributed by atoms with van der Waals surface area (Å²) >= 11 is 0. The maximum absolute atomic E-state index is 10.6. The molecular formula is C20H26N4O. The summed E-state index contributed by atoms with van der Waals surface area (Å²) in [5.74, 6) is 0. The van der Waals surface area contributed by atoms with Crippen molar-refractivity contribution in [3.05, 3.63) is 42.1 Å². The molecule has 25 heavy (non-hydrogen) atoms. The van der Waals surface area contributed by atoms with Crippen LogP contribution < -0.4 is 5.32 Å². The van der Waals surface area contributed by atoms with Crippen molar-refractivity contribution in [3.63, 3.8) is 0 Å². The predicted octanol–water partition coefficient (Wildman–Crippen LogP) is 3.25. The maximum Gasteiger partial charge on any atom is 0.0968 e. The van der Waals surface area contributed by atoms with Crippen LogP contribution in [0.4, 0.5) is 0 Å². The molecule has 1 saturated carbocycles. The average molecular weight is 338 g/mol. The summed E-state index contributed by atoms with van der Waals surface area (Å²) in [5.41, 5.74) is 2.55. The van der Waals surface area contributed by atoms with Crippen molar-refractivity contribution in [2.45, 2.75) is 57.2 Å². The zero-order valence-corrected chi connectivity index (χ0v) is 14.6. The van der Waals surface area contributed by atoms with Crippen LogP contribution in [0, 0.1) is 11.3 Å². The van der Waals surface area contributed by atoms with Crippen molar-refractivity contribution in [1.82, 2.24) is 15.1 Å². The number of nitrogens with zero attached hydrogens (tertiary/aromatic N) is 3. The summed E-state index contributed by atoms with van der Waals surface area (Å²) < 4.78 is 1.85. The fraction of sp³-hybridized carbons (Fsp3) is 0.500. The van der Waals surface area contributed by atoms with Gasteiger partial charge in [0.1, 0.15) is 0 Å². The highest BCUT2D eigenvalue weighted by molar-refractivity contribution is 5.62. The summed E-state index contributed by atoms with van der Waals surface area (Å²) in [5, 5.41) is 27.5. The van der Waals surface area contributed by atoms with Gasteiger partial charge in [0, 0.05) is 30.4 Å². The molecule has 0 atom stereocenters. The first-order valence-electron chi connectivity index (χ1n) is 9.12. The second-order valence-corrected chi connectivity index (χ2v) is 6.93. The van der Waals surface area contributed by atoms with E-state index in [2.05, 4.69) is 28.6 Å². The molecule has 0 amide bonds. The van der Waals surface area contributed by atoms with E-state index >= 15 is 0 Å². The van der Waals surface area contributed by atoms with Crippen molar-refractivity contribution in [1.29, 1.82) is 5.26 Å². The molecule has 2 aromatic rings. The lowest BCUT2D eigenvalue weighted by Crippen LogP contribution is -2.41. The smallest absolute Gasteiger partial charge is 0.0968 e. The molecule has 3 rings (SSSR count). The van der Waals surface area contributed by atoms with E-state index in [1.54, 1.807) is 0 Å². The largest absolute Gasteiger partial charge is 0.389 e. The summed E-state index contributed by atoms with van der Waals surface area (Å²) in [7, 11) is 0. The highest BCUT2D eigenvalue weighted by Gasteiger charge is 2.28. The van der Waals surface area contributed by atoms with E-state index in [4.69, 9.17) is 5.26 Å². The van der Waals surface area contributed by atoms with E-state index in [1.165, 1.54) is 6.42 Å². The topological polar surface area (TPSA) is 73.9 Å². The van der Waals surface area contributed by atoms with Gasteiger partial charge in [0.15, 0.2) is 0 Å². The molecule has 132 valence electrons. The normalized spacial score (nSPS) is 16.5. The van der Waals surface area contributed by atoms with Crippen LogP contribution in [0.15, 0.2) is 36.5 Å². The van der Waals surface area contributed by atoms with E-state index in [9.17, 15) is 5.11 Å². The zero-order chi connectivity index (χ0) is 17.5. The zero-order valence-electron chi connectivity index (χ0n) is 14.6. The Morgan fingerprint density at radius 3 is 2.68 bits per heavy atom. The van der Waals surface area contributed by atoms with E-state index in [0.717, 1.165) is 42.5 Å². The van der Waals surface area contributed by atoms with Crippen LogP contribution in [0.5, 0.6) is 0 Å². The number of aryl methyl sites for hydroxylation is 1. The fourth-order valence-corrected chi connectivity index (χ4v) is 3.53. The summed E-state index contributed by atoms with van der Waals surface area (Å²) in [6.07, 6.45) is 7.67. The van der Waals surface area contributed by atoms with E-state index < -0.39 is 5.60 Å². The Morgan fingerprint density at radius 2 is 1.96 bits per heavy atom. The quantitative estimate of drug-likeness (QED) is 0.813. The van der Waals surface area contributed by atoms with E-state index in [-0.39, 0.29) is 0 Å². The lowest BCUT2D eigenvalue weighted by atomic mass is 9.85. The van der Waals surface area contributed by atoms with Gasteiger partial charge >= 0.3 is 0 Å². The van der Waals surface area contributed by atoms with Crippen LogP contribution in [0.1, 0.15) is 44.1 Å². The maximum atomic E-state index is 10.6. The number of rotatable bonds is 7. The highest BCUT2D eigenvalue weighted by Crippen LogP contribution is 2.28. The monoisotopic (exact) mass is 338 g/mol. The number of aliphatic hydroxyl groups is 1. The predicted molar refractivity (Wildman–Crippen MR) is 97.6 cm³/mol. The third-order valence-electron chi connectivity index (χ3n) is 4.89. The molecule has 0 aliphatic heterocycles. The van der Waals surface area contributed by atoms with Crippen LogP contribution in [-0.2, 0) is 13.1 Å². The molecular weight excluding hydrogens is 312 g/mol. The lowest BCUT2D eigenvalue weighted by molar-refractivity contribution is 0.00468. The number of nitriles is 1. The van der Waals surface area contributed by atoms with Gasteiger partial charge in [-0.1, -0.05) is 49.6 Å². The van der Waals surface area contributed by atoms with Crippen LogP contribution in [0.25, 0.3) is 11.3 Å². The highest BCUT2D eigenvalue weighted by atomic mass is 16.3. The standard InChI is InChI=1S/C20H26N4O/c21-12-7-13-24-15-18(19(23-24)17-8-3-1-4-9-17)14-22-16-20(25)10-5-2-6-11-20/h1,3-4,8-9,15,22,25H,2,5-7,10-11,13-14,16H2. The Bertz CT molecular complexity index is 711. The molecule has 1 aliphatic carbocycles. The van der Waals surface area contributed by atoms with Gasteiger partial charge in [-0.05, 0) is 12.8 Å². The minimum atomic E-state index is -0.567. The van der Waals surface area contributed by atoms with Gasteiger partial charge in [-0.15, -0.1) is 0 Å². The van der Waals surface area contributed by atoms with Crippen molar-refractivity contribution in [2.24, 2.45) is 0 Å². The van der Waals surface area contributed by atoms with E-state index in [1.807, 2.05) is 29.1 Å². The minimum absolute atomic E-state index is 0.447. The molecule has 5 heteroatoms. The van der Waals surface area contributed by atoms with Crippen molar-refractivity contribution < 1.29 is 5.11 Å². The Labute approximate surface area is 149 Å². The van der Waals surface area contributed by atoms with Gasteiger partial charge < -0.3 is 10.4 Å². The van der Waals surface area contributed by atoms with Gasteiger partial charge in [0.2, 0.25) is 0 Å². The third kappa shape index (κ3) is 4.68. The molecule has 1 aromatic carbocycles. The molecule has 0 unspecified atom stereocenters. The molecule has 0 bridgehead atoms. The molecule has 5 nitrogen and oxygen atoms in total. The minimum Gasteiger partial charge on any atom is -0.389 e. The SMILES string of the molecule is N#CCCn1cc(CNCC2(O)CCCCC2)c(-c2ccccc2)n1. The number of hydrogen-bond acceptors (Lipinski definition) is 4. The van der Waals surface area contributed by atoms with Crippen LogP contribution in [-0.4, -0.2) is 27.0 Å².